The normalized spacial score (nSPS) is 12.5. The van der Waals surface area contributed by atoms with Crippen molar-refractivity contribution >= 4 is 11.6 Å². The van der Waals surface area contributed by atoms with Crippen LogP contribution in [-0.2, 0) is 6.18 Å². The highest BCUT2D eigenvalue weighted by atomic mass is 19.4. The van der Waals surface area contributed by atoms with Gasteiger partial charge in [-0.25, -0.2) is 4.98 Å². The van der Waals surface area contributed by atoms with E-state index in [9.17, 15) is 13.2 Å². The number of aromatic nitrogens is 2. The Morgan fingerprint density at radius 3 is 2.44 bits per heavy atom. The number of hydrogen-bond donors (Lipinski definition) is 1. The molecule has 148 valence electrons. The summed E-state index contributed by atoms with van der Waals surface area (Å²) in [5.41, 5.74) is -0.361. The zero-order valence-electron chi connectivity index (χ0n) is 15.6. The van der Waals surface area contributed by atoms with Crippen LogP contribution < -0.4 is 14.8 Å². The van der Waals surface area contributed by atoms with Crippen LogP contribution in [0.4, 0.5) is 24.8 Å². The second-order valence-corrected chi connectivity index (χ2v) is 6.10. The van der Waals surface area contributed by atoms with E-state index in [0.717, 1.165) is 24.8 Å². The number of alkyl halides is 3. The fourth-order valence-electron chi connectivity index (χ4n) is 2.08. The van der Waals surface area contributed by atoms with Gasteiger partial charge in [0.15, 0.2) is 0 Å². The zero-order chi connectivity index (χ0) is 19.9. The van der Waals surface area contributed by atoms with Crippen LogP contribution in [0.3, 0.4) is 0 Å². The van der Waals surface area contributed by atoms with E-state index >= 15 is 0 Å². The summed E-state index contributed by atoms with van der Waals surface area (Å²) in [6.45, 7) is 6.23. The molecule has 0 radical (unpaired) electrons. The number of ether oxygens (including phenoxy) is 2. The first-order valence-electron chi connectivity index (χ1n) is 8.94. The molecule has 0 bridgehead atoms. The monoisotopic (exact) mass is 383 g/mol. The van der Waals surface area contributed by atoms with E-state index in [2.05, 4.69) is 22.2 Å². The molecule has 2 rings (SSSR count). The summed E-state index contributed by atoms with van der Waals surface area (Å²) in [5, 5.41) is 2.88. The predicted octanol–water partition coefficient (Wildman–Crippen LogP) is 5.60. The van der Waals surface area contributed by atoms with Crippen molar-refractivity contribution in [2.75, 3.05) is 11.9 Å². The van der Waals surface area contributed by atoms with Gasteiger partial charge in [-0.3, -0.25) is 0 Å². The van der Waals surface area contributed by atoms with E-state index < -0.39 is 23.7 Å². The minimum Gasteiger partial charge on any atom is -0.494 e. The summed E-state index contributed by atoms with van der Waals surface area (Å²) in [6, 6.07) is 7.05. The fourth-order valence-corrected chi connectivity index (χ4v) is 2.08. The van der Waals surface area contributed by atoms with Gasteiger partial charge < -0.3 is 14.8 Å². The van der Waals surface area contributed by atoms with Gasteiger partial charge >= 0.3 is 6.18 Å². The third kappa shape index (κ3) is 6.30. The summed E-state index contributed by atoms with van der Waals surface area (Å²) in [7, 11) is 0. The molecule has 0 saturated carbocycles. The van der Waals surface area contributed by atoms with Crippen molar-refractivity contribution in [3.63, 3.8) is 0 Å². The van der Waals surface area contributed by atoms with Crippen LogP contribution in [-0.4, -0.2) is 22.7 Å². The van der Waals surface area contributed by atoms with E-state index in [0.29, 0.717) is 18.7 Å². The molecule has 0 spiro atoms. The van der Waals surface area contributed by atoms with Crippen LogP contribution in [0.5, 0.6) is 11.6 Å². The van der Waals surface area contributed by atoms with E-state index in [4.69, 9.17) is 9.47 Å². The molecule has 1 aromatic carbocycles. The highest BCUT2D eigenvalue weighted by Crippen LogP contribution is 2.36. The van der Waals surface area contributed by atoms with Crippen LogP contribution in [0.2, 0.25) is 0 Å². The SMILES string of the molecule is CCCCOc1ccc(Nc2ncc(C(F)(F)F)c(OC(C)CC)n2)cc1. The molecular formula is C19H24F3N3O2. The molecule has 1 N–H and O–H groups in total. The number of unbranched alkanes of at least 4 members (excludes halogenated alkanes) is 1. The Labute approximate surface area is 156 Å². The van der Waals surface area contributed by atoms with Gasteiger partial charge in [0.05, 0.1) is 12.7 Å². The van der Waals surface area contributed by atoms with Crippen LogP contribution in [0.1, 0.15) is 45.6 Å². The Morgan fingerprint density at radius 1 is 1.15 bits per heavy atom. The van der Waals surface area contributed by atoms with Crippen molar-refractivity contribution in [1.29, 1.82) is 0 Å². The number of hydrogen-bond acceptors (Lipinski definition) is 5. The van der Waals surface area contributed by atoms with E-state index in [1.165, 1.54) is 0 Å². The first-order chi connectivity index (χ1) is 12.8. The smallest absolute Gasteiger partial charge is 0.423 e. The number of benzene rings is 1. The molecule has 2 aromatic rings. The molecule has 0 amide bonds. The van der Waals surface area contributed by atoms with Crippen LogP contribution in [0.15, 0.2) is 30.5 Å². The summed E-state index contributed by atoms with van der Waals surface area (Å²) < 4.78 is 50.3. The third-order valence-electron chi connectivity index (χ3n) is 3.82. The standard InChI is InChI=1S/C19H24F3N3O2/c1-4-6-11-26-15-9-7-14(8-10-15)24-18-23-12-16(19(20,21)22)17(25-18)27-13(3)5-2/h7-10,12-13H,4-6,11H2,1-3H3,(H,23,24,25). The molecule has 0 saturated heterocycles. The highest BCUT2D eigenvalue weighted by Gasteiger charge is 2.36. The average molecular weight is 383 g/mol. The maximum atomic E-state index is 13.1. The van der Waals surface area contributed by atoms with Crippen molar-refractivity contribution in [3.8, 4) is 11.6 Å². The Kier molecular flexibility index (Phi) is 7.27. The Hall–Kier alpha value is -2.51. The van der Waals surface area contributed by atoms with Crippen molar-refractivity contribution in [3.05, 3.63) is 36.0 Å². The minimum atomic E-state index is -4.58. The van der Waals surface area contributed by atoms with Gasteiger partial charge in [0.1, 0.15) is 11.3 Å². The second-order valence-electron chi connectivity index (χ2n) is 6.10. The van der Waals surface area contributed by atoms with Gasteiger partial charge in [-0.2, -0.15) is 18.2 Å². The van der Waals surface area contributed by atoms with Gasteiger partial charge in [-0.1, -0.05) is 20.3 Å². The number of nitrogens with zero attached hydrogens (tertiary/aromatic N) is 2. The Bertz CT molecular complexity index is 721. The van der Waals surface area contributed by atoms with Crippen molar-refractivity contribution in [1.82, 2.24) is 9.97 Å². The van der Waals surface area contributed by atoms with Gasteiger partial charge in [0.25, 0.3) is 0 Å². The van der Waals surface area contributed by atoms with Crippen LogP contribution in [0.25, 0.3) is 0 Å². The van der Waals surface area contributed by atoms with Crippen molar-refractivity contribution in [2.24, 2.45) is 0 Å². The number of anilines is 2. The first kappa shape index (κ1) is 20.8. The molecule has 0 fully saturated rings. The topological polar surface area (TPSA) is 56.3 Å². The second kappa shape index (κ2) is 9.43. The Balaban J connectivity index is 2.15. The maximum absolute atomic E-state index is 13.1. The molecule has 8 heteroatoms. The lowest BCUT2D eigenvalue weighted by Gasteiger charge is -2.17. The minimum absolute atomic E-state index is 0.0287. The molecule has 1 unspecified atom stereocenters. The molecule has 1 atom stereocenters. The molecule has 0 aliphatic heterocycles. The quantitative estimate of drug-likeness (QED) is 0.572. The Morgan fingerprint density at radius 2 is 1.85 bits per heavy atom. The zero-order valence-corrected chi connectivity index (χ0v) is 15.6. The van der Waals surface area contributed by atoms with Gasteiger partial charge in [0, 0.05) is 11.9 Å². The molecular weight excluding hydrogens is 359 g/mol. The third-order valence-corrected chi connectivity index (χ3v) is 3.82. The highest BCUT2D eigenvalue weighted by molar-refractivity contribution is 5.55. The maximum Gasteiger partial charge on any atom is 0.423 e. The lowest BCUT2D eigenvalue weighted by atomic mass is 10.3. The summed E-state index contributed by atoms with van der Waals surface area (Å²) in [5.74, 6) is 0.276. The van der Waals surface area contributed by atoms with Crippen LogP contribution in [0, 0.1) is 0 Å². The predicted molar refractivity (Wildman–Crippen MR) is 97.5 cm³/mol. The molecule has 1 aromatic heterocycles. The van der Waals surface area contributed by atoms with E-state index in [1.807, 2.05) is 6.92 Å². The summed E-state index contributed by atoms with van der Waals surface area (Å²) in [4.78, 5) is 7.67. The molecule has 27 heavy (non-hydrogen) atoms. The van der Waals surface area contributed by atoms with E-state index in [-0.39, 0.29) is 5.95 Å². The first-order valence-corrected chi connectivity index (χ1v) is 8.94. The average Bonchev–Trinajstić information content (AvgIpc) is 2.62. The summed E-state index contributed by atoms with van der Waals surface area (Å²) in [6.07, 6.45) is -1.67. The van der Waals surface area contributed by atoms with Crippen molar-refractivity contribution < 1.29 is 22.6 Å². The van der Waals surface area contributed by atoms with Gasteiger partial charge in [-0.05, 0) is 44.0 Å². The fraction of sp³-hybridized carbons (Fsp3) is 0.474. The van der Waals surface area contributed by atoms with Crippen molar-refractivity contribution in [2.45, 2.75) is 52.3 Å². The molecule has 0 aliphatic rings. The molecule has 1 heterocycles. The van der Waals surface area contributed by atoms with Gasteiger partial charge in [-0.15, -0.1) is 0 Å². The van der Waals surface area contributed by atoms with Gasteiger partial charge in [0.2, 0.25) is 11.8 Å². The van der Waals surface area contributed by atoms with E-state index in [1.54, 1.807) is 31.2 Å². The number of nitrogens with one attached hydrogen (secondary N) is 1. The molecule has 0 aliphatic carbocycles. The number of rotatable bonds is 9. The van der Waals surface area contributed by atoms with Crippen LogP contribution >= 0.6 is 0 Å². The number of halogens is 3. The molecule has 5 nitrogen and oxygen atoms in total. The lowest BCUT2D eigenvalue weighted by Crippen LogP contribution is -2.17. The lowest BCUT2D eigenvalue weighted by molar-refractivity contribution is -0.139. The summed E-state index contributed by atoms with van der Waals surface area (Å²) >= 11 is 0. The largest absolute Gasteiger partial charge is 0.494 e.